The van der Waals surface area contributed by atoms with Crippen molar-refractivity contribution in [3.63, 3.8) is 0 Å². The molecule has 5 nitrogen and oxygen atoms in total. The molecule has 0 spiro atoms. The summed E-state index contributed by atoms with van der Waals surface area (Å²) in [5.41, 5.74) is -0.186. The molecular formula is C13H17N3O2S2. The summed E-state index contributed by atoms with van der Waals surface area (Å²) in [6, 6.07) is 3.85. The molecule has 7 heteroatoms. The fourth-order valence-corrected chi connectivity index (χ4v) is 2.60. The number of hydrogen-bond acceptors (Lipinski definition) is 6. The van der Waals surface area contributed by atoms with Gasteiger partial charge in [-0.1, -0.05) is 24.8 Å². The van der Waals surface area contributed by atoms with Gasteiger partial charge in [0.2, 0.25) is 5.91 Å². The van der Waals surface area contributed by atoms with E-state index in [4.69, 9.17) is 4.42 Å². The van der Waals surface area contributed by atoms with Crippen molar-refractivity contribution in [1.82, 2.24) is 15.5 Å². The summed E-state index contributed by atoms with van der Waals surface area (Å²) in [6.07, 6.45) is 0.881. The fourth-order valence-electron chi connectivity index (χ4n) is 1.40. The van der Waals surface area contributed by atoms with Crippen molar-refractivity contribution >= 4 is 29.0 Å². The average Bonchev–Trinajstić information content (AvgIpc) is 3.06. The Labute approximate surface area is 126 Å². The number of aromatic nitrogens is 2. The van der Waals surface area contributed by atoms with E-state index in [9.17, 15) is 4.79 Å². The highest BCUT2D eigenvalue weighted by molar-refractivity contribution is 7.99. The van der Waals surface area contributed by atoms with Crippen LogP contribution in [0.5, 0.6) is 0 Å². The van der Waals surface area contributed by atoms with Crippen LogP contribution in [0, 0.1) is 0 Å². The summed E-state index contributed by atoms with van der Waals surface area (Å²) in [5, 5.41) is 13.2. The van der Waals surface area contributed by atoms with Crippen LogP contribution < -0.4 is 5.32 Å². The number of nitrogens with zero attached hydrogens (tertiary/aromatic N) is 2. The van der Waals surface area contributed by atoms with Gasteiger partial charge in [-0.3, -0.25) is 4.79 Å². The molecule has 1 N–H and O–H groups in total. The van der Waals surface area contributed by atoms with Gasteiger partial charge >= 0.3 is 0 Å². The average molecular weight is 311 g/mol. The topological polar surface area (TPSA) is 68.0 Å². The van der Waals surface area contributed by atoms with Gasteiger partial charge in [-0.25, -0.2) is 0 Å². The molecule has 0 unspecified atom stereocenters. The second kappa shape index (κ2) is 6.41. The molecule has 20 heavy (non-hydrogen) atoms. The molecule has 0 saturated carbocycles. The number of carbonyl (C=O) groups is 1. The second-order valence-electron chi connectivity index (χ2n) is 4.92. The van der Waals surface area contributed by atoms with E-state index < -0.39 is 0 Å². The zero-order valence-corrected chi connectivity index (χ0v) is 13.3. The van der Waals surface area contributed by atoms with Gasteiger partial charge in [0, 0.05) is 5.54 Å². The minimum absolute atomic E-state index is 0.0299. The van der Waals surface area contributed by atoms with Gasteiger partial charge in [0.25, 0.3) is 11.1 Å². The first-order valence-corrected chi connectivity index (χ1v) is 8.18. The van der Waals surface area contributed by atoms with Gasteiger partial charge < -0.3 is 9.73 Å². The summed E-state index contributed by atoms with van der Waals surface area (Å²) in [6.45, 7) is 6.03. The van der Waals surface area contributed by atoms with Gasteiger partial charge in [-0.05, 0) is 31.7 Å². The second-order valence-corrected chi connectivity index (χ2v) is 6.80. The predicted molar refractivity (Wildman–Crippen MR) is 80.8 cm³/mol. The number of carbonyl (C=O) groups excluding carboxylic acids is 1. The molecule has 0 aliphatic heterocycles. The molecule has 2 aromatic rings. The smallest absolute Gasteiger partial charge is 0.277 e. The maximum atomic E-state index is 11.8. The summed E-state index contributed by atoms with van der Waals surface area (Å²) >= 11 is 2.79. The highest BCUT2D eigenvalue weighted by Gasteiger charge is 2.18. The van der Waals surface area contributed by atoms with Gasteiger partial charge in [0.15, 0.2) is 0 Å². The van der Waals surface area contributed by atoms with Crippen molar-refractivity contribution < 1.29 is 9.21 Å². The zero-order valence-electron chi connectivity index (χ0n) is 11.7. The van der Waals surface area contributed by atoms with E-state index in [-0.39, 0.29) is 17.2 Å². The van der Waals surface area contributed by atoms with Crippen molar-refractivity contribution in [2.45, 2.75) is 38.0 Å². The van der Waals surface area contributed by atoms with Crippen LogP contribution in [-0.2, 0) is 4.79 Å². The largest absolute Gasteiger partial charge is 0.410 e. The summed E-state index contributed by atoms with van der Waals surface area (Å²) < 4.78 is 5.51. The van der Waals surface area contributed by atoms with Crippen LogP contribution in [0.25, 0.3) is 10.8 Å². The number of hydrogen-bond donors (Lipinski definition) is 1. The van der Waals surface area contributed by atoms with E-state index in [0.717, 1.165) is 11.3 Å². The Bertz CT molecular complexity index is 564. The minimum Gasteiger partial charge on any atom is -0.410 e. The third kappa shape index (κ3) is 4.08. The molecule has 0 fully saturated rings. The van der Waals surface area contributed by atoms with E-state index in [1.807, 2.05) is 38.3 Å². The van der Waals surface area contributed by atoms with Crippen LogP contribution in [0.15, 0.2) is 27.2 Å². The summed E-state index contributed by atoms with van der Waals surface area (Å²) in [7, 11) is 0. The molecule has 0 saturated heterocycles. The van der Waals surface area contributed by atoms with E-state index in [2.05, 4.69) is 15.5 Å². The van der Waals surface area contributed by atoms with Gasteiger partial charge in [0.1, 0.15) is 0 Å². The lowest BCUT2D eigenvalue weighted by atomic mass is 10.0. The lowest BCUT2D eigenvalue weighted by Crippen LogP contribution is -2.43. The first-order valence-electron chi connectivity index (χ1n) is 6.31. The lowest BCUT2D eigenvalue weighted by Gasteiger charge is -2.24. The highest BCUT2D eigenvalue weighted by atomic mass is 32.2. The summed E-state index contributed by atoms with van der Waals surface area (Å²) in [4.78, 5) is 12.7. The minimum atomic E-state index is -0.186. The van der Waals surface area contributed by atoms with Crippen molar-refractivity contribution in [3.05, 3.63) is 17.5 Å². The molecule has 2 heterocycles. The van der Waals surface area contributed by atoms with Crippen molar-refractivity contribution in [3.8, 4) is 10.8 Å². The molecule has 2 aromatic heterocycles. The molecular weight excluding hydrogens is 294 g/mol. The van der Waals surface area contributed by atoms with Gasteiger partial charge in [-0.15, -0.1) is 21.5 Å². The lowest BCUT2D eigenvalue weighted by molar-refractivity contribution is -0.120. The molecule has 0 aliphatic carbocycles. The Morgan fingerprint density at radius 3 is 2.95 bits per heavy atom. The molecule has 0 aliphatic rings. The molecule has 0 radical (unpaired) electrons. The van der Waals surface area contributed by atoms with Crippen LogP contribution in [-0.4, -0.2) is 27.4 Å². The van der Waals surface area contributed by atoms with Gasteiger partial charge in [0.05, 0.1) is 10.6 Å². The van der Waals surface area contributed by atoms with E-state index in [0.29, 0.717) is 11.1 Å². The quantitative estimate of drug-likeness (QED) is 0.830. The monoisotopic (exact) mass is 311 g/mol. The van der Waals surface area contributed by atoms with Crippen molar-refractivity contribution in [1.29, 1.82) is 0 Å². The maximum Gasteiger partial charge on any atom is 0.277 e. The van der Waals surface area contributed by atoms with Gasteiger partial charge in [-0.2, -0.15) is 0 Å². The third-order valence-corrected chi connectivity index (χ3v) is 4.50. The van der Waals surface area contributed by atoms with Crippen molar-refractivity contribution in [2.24, 2.45) is 0 Å². The zero-order chi connectivity index (χ0) is 14.6. The molecule has 108 valence electrons. The van der Waals surface area contributed by atoms with E-state index in [1.54, 1.807) is 0 Å². The molecule has 0 bridgehead atoms. The van der Waals surface area contributed by atoms with Crippen LogP contribution in [0.1, 0.15) is 27.2 Å². The number of thiophene rings is 1. The first kappa shape index (κ1) is 15.1. The van der Waals surface area contributed by atoms with Crippen LogP contribution in [0.4, 0.5) is 0 Å². The van der Waals surface area contributed by atoms with E-state index >= 15 is 0 Å². The molecule has 2 rings (SSSR count). The predicted octanol–water partition coefficient (Wildman–Crippen LogP) is 3.20. The highest BCUT2D eigenvalue weighted by Crippen LogP contribution is 2.26. The Hall–Kier alpha value is -1.34. The fraction of sp³-hybridized carbons (Fsp3) is 0.462. The number of thioether (sulfide) groups is 1. The van der Waals surface area contributed by atoms with Crippen LogP contribution >= 0.6 is 23.1 Å². The Morgan fingerprint density at radius 1 is 1.50 bits per heavy atom. The first-order chi connectivity index (χ1) is 9.50. The van der Waals surface area contributed by atoms with Crippen LogP contribution in [0.2, 0.25) is 0 Å². The summed E-state index contributed by atoms with van der Waals surface area (Å²) in [5.74, 6) is 0.740. The van der Waals surface area contributed by atoms with Crippen LogP contribution in [0.3, 0.4) is 0 Å². The third-order valence-electron chi connectivity index (χ3n) is 2.83. The number of rotatable bonds is 6. The van der Waals surface area contributed by atoms with Crippen molar-refractivity contribution in [2.75, 3.05) is 5.75 Å². The Morgan fingerprint density at radius 2 is 2.30 bits per heavy atom. The standard InChI is InChI=1S/C13H17N3O2S2/c1-4-13(2,3)14-10(17)8-20-12-16-15-11(18-12)9-6-5-7-19-9/h5-7H,4,8H2,1-3H3,(H,14,17). The number of amides is 1. The molecule has 0 atom stereocenters. The SMILES string of the molecule is CCC(C)(C)NC(=O)CSc1nnc(-c2cccs2)o1. The molecule has 0 aromatic carbocycles. The Kier molecular flexibility index (Phi) is 4.82. The molecule has 1 amide bonds. The Balaban J connectivity index is 1.87. The van der Waals surface area contributed by atoms with E-state index in [1.165, 1.54) is 23.1 Å². The maximum absolute atomic E-state index is 11.8. The normalized spacial score (nSPS) is 11.6. The number of nitrogens with one attached hydrogen (secondary N) is 1.